The minimum atomic E-state index is -0.328. The first-order valence-corrected chi connectivity index (χ1v) is 6.16. The van der Waals surface area contributed by atoms with Crippen LogP contribution < -0.4 is 5.32 Å². The first kappa shape index (κ1) is 13.5. The molecule has 1 amide bonds. The quantitative estimate of drug-likeness (QED) is 0.855. The second-order valence-electron chi connectivity index (χ2n) is 5.66. The van der Waals surface area contributed by atoms with Crippen molar-refractivity contribution in [2.45, 2.75) is 33.2 Å². The van der Waals surface area contributed by atoms with Crippen LogP contribution in [0, 0.1) is 12.7 Å². The second-order valence-corrected chi connectivity index (χ2v) is 5.66. The average Bonchev–Trinajstić information content (AvgIpc) is 2.25. The zero-order valence-electron chi connectivity index (χ0n) is 11.5. The highest BCUT2D eigenvalue weighted by Gasteiger charge is 2.18. The number of amides is 1. The van der Waals surface area contributed by atoms with E-state index in [9.17, 15) is 9.18 Å². The number of rotatable bonds is 1. The SMILES string of the molecule is Cc1nc2cc(F)ccc2cc1C(=O)NC(C)(C)C. The third-order valence-electron chi connectivity index (χ3n) is 2.70. The van der Waals surface area contributed by atoms with Gasteiger partial charge in [-0.25, -0.2) is 4.39 Å². The minimum absolute atomic E-state index is 0.163. The Morgan fingerprint density at radius 2 is 1.95 bits per heavy atom. The normalized spacial score (nSPS) is 11.6. The van der Waals surface area contributed by atoms with Crippen molar-refractivity contribution in [3.63, 3.8) is 0 Å². The Labute approximate surface area is 111 Å². The molecule has 0 bridgehead atoms. The predicted molar refractivity (Wildman–Crippen MR) is 73.7 cm³/mol. The molecule has 0 aliphatic heterocycles. The molecule has 1 heterocycles. The van der Waals surface area contributed by atoms with Gasteiger partial charge >= 0.3 is 0 Å². The van der Waals surface area contributed by atoms with Crippen molar-refractivity contribution < 1.29 is 9.18 Å². The number of carbonyl (C=O) groups is 1. The van der Waals surface area contributed by atoms with E-state index in [1.165, 1.54) is 12.1 Å². The van der Waals surface area contributed by atoms with Crippen LogP contribution in [-0.4, -0.2) is 16.4 Å². The van der Waals surface area contributed by atoms with Crippen molar-refractivity contribution in [3.05, 3.63) is 41.3 Å². The molecule has 1 aromatic carbocycles. The fraction of sp³-hybridized carbons (Fsp3) is 0.333. The molecule has 0 saturated carbocycles. The number of pyridine rings is 1. The molecule has 3 nitrogen and oxygen atoms in total. The Kier molecular flexibility index (Phi) is 3.27. The van der Waals surface area contributed by atoms with Crippen LogP contribution in [-0.2, 0) is 0 Å². The Balaban J connectivity index is 2.47. The van der Waals surface area contributed by atoms with Crippen molar-refractivity contribution in [1.82, 2.24) is 10.3 Å². The first-order chi connectivity index (χ1) is 8.76. The summed E-state index contributed by atoms with van der Waals surface area (Å²) in [6.07, 6.45) is 0. The lowest BCUT2D eigenvalue weighted by molar-refractivity contribution is 0.0918. The molecule has 0 unspecified atom stereocenters. The van der Waals surface area contributed by atoms with Gasteiger partial charge in [0.25, 0.3) is 5.91 Å². The van der Waals surface area contributed by atoms with E-state index in [4.69, 9.17) is 0 Å². The summed E-state index contributed by atoms with van der Waals surface area (Å²) in [5.41, 5.74) is 1.38. The van der Waals surface area contributed by atoms with Gasteiger partial charge in [0, 0.05) is 17.0 Å². The Morgan fingerprint density at radius 1 is 1.26 bits per heavy atom. The van der Waals surface area contributed by atoms with Gasteiger partial charge < -0.3 is 5.32 Å². The third kappa shape index (κ3) is 3.08. The number of halogens is 1. The summed E-state index contributed by atoms with van der Waals surface area (Å²) in [7, 11) is 0. The minimum Gasteiger partial charge on any atom is -0.347 e. The Bertz CT molecular complexity index is 644. The molecule has 0 aliphatic rings. The van der Waals surface area contributed by atoms with E-state index in [1.807, 2.05) is 20.8 Å². The van der Waals surface area contributed by atoms with Gasteiger partial charge in [0.15, 0.2) is 0 Å². The molecule has 2 aromatic rings. The molecule has 0 aliphatic carbocycles. The monoisotopic (exact) mass is 260 g/mol. The van der Waals surface area contributed by atoms with Crippen LogP contribution in [0.3, 0.4) is 0 Å². The molecule has 0 spiro atoms. The van der Waals surface area contributed by atoms with E-state index in [-0.39, 0.29) is 17.3 Å². The summed E-state index contributed by atoms with van der Waals surface area (Å²) in [6, 6.07) is 6.11. The summed E-state index contributed by atoms with van der Waals surface area (Å²) in [5.74, 6) is -0.491. The van der Waals surface area contributed by atoms with Crippen LogP contribution in [0.25, 0.3) is 10.9 Å². The van der Waals surface area contributed by atoms with Gasteiger partial charge in [-0.15, -0.1) is 0 Å². The molecule has 1 aromatic heterocycles. The van der Waals surface area contributed by atoms with E-state index in [2.05, 4.69) is 10.3 Å². The number of nitrogens with one attached hydrogen (secondary N) is 1. The fourth-order valence-electron chi connectivity index (χ4n) is 1.87. The Morgan fingerprint density at radius 3 is 2.58 bits per heavy atom. The maximum absolute atomic E-state index is 13.1. The largest absolute Gasteiger partial charge is 0.347 e. The maximum atomic E-state index is 13.1. The summed E-state index contributed by atoms with van der Waals surface area (Å²) in [5, 5.41) is 3.65. The van der Waals surface area contributed by atoms with Gasteiger partial charge in [0.05, 0.1) is 16.8 Å². The molecular weight excluding hydrogens is 243 g/mol. The lowest BCUT2D eigenvalue weighted by atomic mass is 10.1. The highest BCUT2D eigenvalue weighted by Crippen LogP contribution is 2.18. The zero-order chi connectivity index (χ0) is 14.2. The smallest absolute Gasteiger partial charge is 0.253 e. The van der Waals surface area contributed by atoms with Crippen LogP contribution in [0.2, 0.25) is 0 Å². The topological polar surface area (TPSA) is 42.0 Å². The zero-order valence-corrected chi connectivity index (χ0v) is 11.5. The number of aryl methyl sites for hydroxylation is 1. The number of nitrogens with zero attached hydrogens (tertiary/aromatic N) is 1. The molecule has 0 radical (unpaired) electrons. The standard InChI is InChI=1S/C15H17FN2O/c1-9-12(14(19)18-15(2,3)4)7-10-5-6-11(16)8-13(10)17-9/h5-8H,1-4H3,(H,18,19). The number of fused-ring (bicyclic) bond motifs is 1. The summed E-state index contributed by atoms with van der Waals surface area (Å²) in [6.45, 7) is 7.51. The van der Waals surface area contributed by atoms with E-state index in [0.717, 1.165) is 5.39 Å². The molecule has 0 fully saturated rings. The summed E-state index contributed by atoms with van der Waals surface area (Å²) in [4.78, 5) is 16.5. The summed E-state index contributed by atoms with van der Waals surface area (Å²) < 4.78 is 13.1. The number of carbonyl (C=O) groups excluding carboxylic acids is 1. The van der Waals surface area contributed by atoms with Crippen LogP contribution in [0.4, 0.5) is 4.39 Å². The highest BCUT2D eigenvalue weighted by molar-refractivity contribution is 5.98. The van der Waals surface area contributed by atoms with Crippen LogP contribution >= 0.6 is 0 Å². The highest BCUT2D eigenvalue weighted by atomic mass is 19.1. The van der Waals surface area contributed by atoms with Gasteiger partial charge in [-0.3, -0.25) is 9.78 Å². The molecule has 0 atom stereocenters. The van der Waals surface area contributed by atoms with Crippen molar-refractivity contribution in [3.8, 4) is 0 Å². The number of hydrogen-bond donors (Lipinski definition) is 1. The van der Waals surface area contributed by atoms with E-state index >= 15 is 0 Å². The van der Waals surface area contributed by atoms with Crippen molar-refractivity contribution in [1.29, 1.82) is 0 Å². The van der Waals surface area contributed by atoms with Gasteiger partial charge in [0.1, 0.15) is 5.82 Å². The lowest BCUT2D eigenvalue weighted by Gasteiger charge is -2.21. The van der Waals surface area contributed by atoms with Crippen LogP contribution in [0.1, 0.15) is 36.8 Å². The molecule has 19 heavy (non-hydrogen) atoms. The fourth-order valence-corrected chi connectivity index (χ4v) is 1.87. The third-order valence-corrected chi connectivity index (χ3v) is 2.70. The number of aromatic nitrogens is 1. The van der Waals surface area contributed by atoms with Crippen molar-refractivity contribution >= 4 is 16.8 Å². The molecule has 100 valence electrons. The number of hydrogen-bond acceptors (Lipinski definition) is 2. The van der Waals surface area contributed by atoms with Gasteiger partial charge in [-0.05, 0) is 45.9 Å². The van der Waals surface area contributed by atoms with Crippen molar-refractivity contribution in [2.24, 2.45) is 0 Å². The van der Waals surface area contributed by atoms with Gasteiger partial charge in [-0.2, -0.15) is 0 Å². The van der Waals surface area contributed by atoms with E-state index in [1.54, 1.807) is 19.1 Å². The molecular formula is C15H17FN2O. The Hall–Kier alpha value is -1.97. The second kappa shape index (κ2) is 4.61. The van der Waals surface area contributed by atoms with Crippen molar-refractivity contribution in [2.75, 3.05) is 0 Å². The van der Waals surface area contributed by atoms with E-state index in [0.29, 0.717) is 16.8 Å². The number of benzene rings is 1. The average molecular weight is 260 g/mol. The maximum Gasteiger partial charge on any atom is 0.253 e. The van der Waals surface area contributed by atoms with Gasteiger partial charge in [-0.1, -0.05) is 0 Å². The molecule has 2 rings (SSSR count). The molecule has 0 saturated heterocycles. The van der Waals surface area contributed by atoms with Gasteiger partial charge in [0.2, 0.25) is 0 Å². The predicted octanol–water partition coefficient (Wildman–Crippen LogP) is 3.21. The van der Waals surface area contributed by atoms with Crippen LogP contribution in [0.15, 0.2) is 24.3 Å². The van der Waals surface area contributed by atoms with E-state index < -0.39 is 0 Å². The molecule has 4 heteroatoms. The first-order valence-electron chi connectivity index (χ1n) is 6.16. The molecule has 1 N–H and O–H groups in total. The van der Waals surface area contributed by atoms with Crippen LogP contribution in [0.5, 0.6) is 0 Å². The summed E-state index contributed by atoms with van der Waals surface area (Å²) >= 11 is 0. The lowest BCUT2D eigenvalue weighted by Crippen LogP contribution is -2.40.